The van der Waals surface area contributed by atoms with E-state index in [1.807, 2.05) is 72.8 Å². The van der Waals surface area contributed by atoms with Crippen molar-refractivity contribution in [1.29, 1.82) is 5.26 Å². The Morgan fingerprint density at radius 1 is 0.921 bits per heavy atom. The van der Waals surface area contributed by atoms with Crippen molar-refractivity contribution in [3.8, 4) is 11.8 Å². The van der Waals surface area contributed by atoms with Crippen LogP contribution in [0.15, 0.2) is 91.0 Å². The minimum absolute atomic E-state index is 0.220. The second kappa shape index (κ2) is 10.5. The minimum atomic E-state index is -1.40. The van der Waals surface area contributed by atoms with Crippen LogP contribution in [0.5, 0.6) is 5.75 Å². The van der Waals surface area contributed by atoms with Crippen LogP contribution in [-0.2, 0) is 4.79 Å². The van der Waals surface area contributed by atoms with Crippen LogP contribution in [0.1, 0.15) is 24.0 Å². The molecule has 38 heavy (non-hydrogen) atoms. The third-order valence-electron chi connectivity index (χ3n) is 7.58. The summed E-state index contributed by atoms with van der Waals surface area (Å²) >= 11 is 0. The highest BCUT2D eigenvalue weighted by Crippen LogP contribution is 2.47. The first kappa shape index (κ1) is 25.3. The summed E-state index contributed by atoms with van der Waals surface area (Å²) in [5.41, 5.74) is 1.09. The van der Waals surface area contributed by atoms with Crippen LogP contribution >= 0.6 is 0 Å². The predicted molar refractivity (Wildman–Crippen MR) is 148 cm³/mol. The molecule has 0 saturated carbocycles. The lowest BCUT2D eigenvalue weighted by Crippen LogP contribution is -2.53. The Morgan fingerprint density at radius 2 is 1.58 bits per heavy atom. The lowest BCUT2D eigenvalue weighted by Gasteiger charge is -2.41. The van der Waals surface area contributed by atoms with Crippen LogP contribution in [0.2, 0.25) is 0 Å². The van der Waals surface area contributed by atoms with Crippen molar-refractivity contribution in [1.82, 2.24) is 4.90 Å². The number of nitrogens with zero attached hydrogens (tertiary/aromatic N) is 3. The molecule has 4 aromatic carbocycles. The molecule has 1 saturated heterocycles. The maximum atomic E-state index is 14.3. The van der Waals surface area contributed by atoms with E-state index in [0.29, 0.717) is 31.9 Å². The number of ether oxygens (including phenoxy) is 1. The van der Waals surface area contributed by atoms with Crippen LogP contribution in [0.4, 0.5) is 10.1 Å². The van der Waals surface area contributed by atoms with E-state index in [2.05, 4.69) is 11.0 Å². The summed E-state index contributed by atoms with van der Waals surface area (Å²) in [6.45, 7) is 3.75. The molecule has 1 amide bonds. The van der Waals surface area contributed by atoms with Crippen LogP contribution < -0.4 is 9.64 Å². The number of nitriles is 1. The zero-order valence-electron chi connectivity index (χ0n) is 21.6. The first-order chi connectivity index (χ1) is 18.5. The summed E-state index contributed by atoms with van der Waals surface area (Å²) in [6.07, 6.45) is 0. The fourth-order valence-corrected chi connectivity index (χ4v) is 5.60. The number of carbonyl (C=O) groups is 1. The second-order valence-electron chi connectivity index (χ2n) is 9.82. The molecule has 0 spiro atoms. The van der Waals surface area contributed by atoms with E-state index in [0.717, 1.165) is 27.6 Å². The summed E-state index contributed by atoms with van der Waals surface area (Å²) in [5, 5.41) is 12.7. The quantitative estimate of drug-likeness (QED) is 0.321. The van der Waals surface area contributed by atoms with Crippen molar-refractivity contribution < 1.29 is 13.9 Å². The summed E-state index contributed by atoms with van der Waals surface area (Å²) in [7, 11) is 1.61. The monoisotopic (exact) mass is 507 g/mol. The largest absolute Gasteiger partial charge is 0.496 e. The normalized spacial score (nSPS) is 15.9. The van der Waals surface area contributed by atoms with Gasteiger partial charge in [-0.15, -0.1) is 0 Å². The summed E-state index contributed by atoms with van der Waals surface area (Å²) in [6, 6.07) is 30.6. The van der Waals surface area contributed by atoms with Gasteiger partial charge < -0.3 is 14.5 Å². The Kier molecular flexibility index (Phi) is 7.02. The first-order valence-corrected chi connectivity index (χ1v) is 12.8. The van der Waals surface area contributed by atoms with Gasteiger partial charge in [-0.2, -0.15) is 5.26 Å². The van der Waals surface area contributed by atoms with Crippen LogP contribution in [0.25, 0.3) is 10.8 Å². The number of amides is 1. The Morgan fingerprint density at radius 3 is 2.32 bits per heavy atom. The van der Waals surface area contributed by atoms with Gasteiger partial charge in [0.1, 0.15) is 17.0 Å². The van der Waals surface area contributed by atoms with Crippen molar-refractivity contribution in [3.05, 3.63) is 108 Å². The smallest absolute Gasteiger partial charge is 0.243 e. The Hall–Kier alpha value is -4.37. The molecule has 0 radical (unpaired) electrons. The van der Waals surface area contributed by atoms with Crippen molar-refractivity contribution in [2.45, 2.75) is 12.8 Å². The van der Waals surface area contributed by atoms with Crippen molar-refractivity contribution in [2.75, 3.05) is 38.2 Å². The zero-order valence-corrected chi connectivity index (χ0v) is 21.6. The molecule has 1 heterocycles. The molecule has 5 nitrogen and oxygen atoms in total. The van der Waals surface area contributed by atoms with Crippen LogP contribution in [0.3, 0.4) is 0 Å². The van der Waals surface area contributed by atoms with Crippen LogP contribution in [0, 0.1) is 22.6 Å². The van der Waals surface area contributed by atoms with Crippen molar-refractivity contribution in [3.63, 3.8) is 0 Å². The average Bonchev–Trinajstić information content (AvgIpc) is 2.97. The summed E-state index contributed by atoms with van der Waals surface area (Å²) < 4.78 is 19.5. The highest BCUT2D eigenvalue weighted by atomic mass is 19.1. The fraction of sp³-hybridized carbons (Fsp3) is 0.250. The van der Waals surface area contributed by atoms with E-state index in [-0.39, 0.29) is 11.7 Å². The number of hydrogen-bond acceptors (Lipinski definition) is 4. The number of piperazine rings is 1. The third-order valence-corrected chi connectivity index (χ3v) is 7.58. The number of fused-ring (bicyclic) bond motifs is 1. The van der Waals surface area contributed by atoms with Gasteiger partial charge in [0, 0.05) is 43.3 Å². The molecule has 2 atom stereocenters. The zero-order chi connectivity index (χ0) is 26.7. The van der Waals surface area contributed by atoms with Gasteiger partial charge >= 0.3 is 0 Å². The molecule has 4 aromatic rings. The second-order valence-corrected chi connectivity index (χ2v) is 9.82. The maximum absolute atomic E-state index is 14.3. The van der Waals surface area contributed by atoms with E-state index >= 15 is 0 Å². The number of carbonyl (C=O) groups excluding carboxylic acids is 1. The summed E-state index contributed by atoms with van der Waals surface area (Å²) in [5.74, 6) is -0.435. The topological polar surface area (TPSA) is 56.6 Å². The molecule has 1 aliphatic heterocycles. The molecule has 1 aliphatic rings. The molecule has 6 heteroatoms. The molecule has 0 bridgehead atoms. The maximum Gasteiger partial charge on any atom is 0.243 e. The molecule has 0 aromatic heterocycles. The molecule has 1 fully saturated rings. The summed E-state index contributed by atoms with van der Waals surface area (Å²) in [4.78, 5) is 18.1. The Labute approximate surface area is 222 Å². The van der Waals surface area contributed by atoms with E-state index in [9.17, 15) is 14.4 Å². The van der Waals surface area contributed by atoms with Gasteiger partial charge in [-0.25, -0.2) is 4.39 Å². The number of methoxy groups -OCH3 is 1. The fourth-order valence-electron chi connectivity index (χ4n) is 5.60. The lowest BCUT2D eigenvalue weighted by molar-refractivity contribution is -0.139. The molecular weight excluding hydrogens is 477 g/mol. The first-order valence-electron chi connectivity index (χ1n) is 12.8. The van der Waals surface area contributed by atoms with Gasteiger partial charge in [0.25, 0.3) is 0 Å². The number of benzene rings is 4. The van der Waals surface area contributed by atoms with E-state index in [1.54, 1.807) is 25.0 Å². The number of para-hydroxylation sites is 1. The van der Waals surface area contributed by atoms with Gasteiger partial charge in [0.2, 0.25) is 5.91 Å². The molecule has 0 N–H and O–H groups in total. The molecule has 0 aliphatic carbocycles. The van der Waals surface area contributed by atoms with E-state index in [1.165, 1.54) is 12.1 Å². The Balaban J connectivity index is 1.54. The highest BCUT2D eigenvalue weighted by Gasteiger charge is 2.47. The molecule has 5 rings (SSSR count). The van der Waals surface area contributed by atoms with Crippen molar-refractivity contribution in [2.24, 2.45) is 5.41 Å². The molecule has 192 valence electrons. The number of rotatable bonds is 6. The van der Waals surface area contributed by atoms with E-state index < -0.39 is 11.3 Å². The number of anilines is 1. The lowest BCUT2D eigenvalue weighted by atomic mass is 9.68. The van der Waals surface area contributed by atoms with Gasteiger partial charge in [0.05, 0.1) is 13.2 Å². The molecule has 1 unspecified atom stereocenters. The number of hydrogen-bond donors (Lipinski definition) is 0. The SMILES string of the molecule is COc1ccccc1C(c1cccc2ccccc12)[C@@](C)(C#N)C(=O)N1CCN(c2cccc(F)c2)CC1. The van der Waals surface area contributed by atoms with E-state index in [4.69, 9.17) is 4.74 Å². The van der Waals surface area contributed by atoms with Crippen molar-refractivity contribution >= 4 is 22.4 Å². The Bertz CT molecular complexity index is 1500. The number of halogens is 1. The van der Waals surface area contributed by atoms with Gasteiger partial charge in [0.15, 0.2) is 0 Å². The predicted octanol–water partition coefficient (Wildman–Crippen LogP) is 6.00. The van der Waals surface area contributed by atoms with Gasteiger partial charge in [-0.3, -0.25) is 4.79 Å². The molecular formula is C32H30FN3O2. The average molecular weight is 508 g/mol. The van der Waals surface area contributed by atoms with Gasteiger partial charge in [-0.1, -0.05) is 66.7 Å². The van der Waals surface area contributed by atoms with Crippen LogP contribution in [-0.4, -0.2) is 44.1 Å². The standard InChI is InChI=1S/C32H30FN3O2/c1-32(22-34,31(37)36-19-17-35(18-20-36)25-12-8-11-24(33)21-25)30(28-14-5-6-16-29(28)38-2)27-15-7-10-23-9-3-4-13-26(23)27/h3-16,21,30H,17-20H2,1-2H3/t30?,32-/m1/s1. The van der Waals surface area contributed by atoms with Gasteiger partial charge in [-0.05, 0) is 47.5 Å². The third kappa shape index (κ3) is 4.56. The minimum Gasteiger partial charge on any atom is -0.496 e. The highest BCUT2D eigenvalue weighted by molar-refractivity contribution is 5.91.